The predicted octanol–water partition coefficient (Wildman–Crippen LogP) is 5.99. The number of allylic oxidation sites excluding steroid dienone is 3. The highest BCUT2D eigenvalue weighted by molar-refractivity contribution is 5.81. The number of rotatable bonds is 9. The van der Waals surface area contributed by atoms with Crippen LogP contribution in [0.25, 0.3) is 5.57 Å². The fraction of sp³-hybridized carbons (Fsp3) is 0.581. The smallest absolute Gasteiger partial charge is 0.410 e. The number of Topliss-reactive ketones (excluding diaryl/α,β-unsaturated/α-hetero) is 1. The van der Waals surface area contributed by atoms with Crippen molar-refractivity contribution in [2.45, 2.75) is 98.9 Å². The van der Waals surface area contributed by atoms with Crippen molar-refractivity contribution in [3.63, 3.8) is 0 Å². The molecular formula is C31H49N3O4. The van der Waals surface area contributed by atoms with E-state index in [4.69, 9.17) is 4.74 Å². The lowest BCUT2D eigenvalue weighted by Crippen LogP contribution is -2.36. The van der Waals surface area contributed by atoms with Crippen LogP contribution in [0.15, 0.2) is 42.5 Å². The first-order chi connectivity index (χ1) is 18.2. The van der Waals surface area contributed by atoms with E-state index in [-0.39, 0.29) is 36.0 Å². The van der Waals surface area contributed by atoms with Crippen LogP contribution in [0, 0.1) is 0 Å². The van der Waals surface area contributed by atoms with Gasteiger partial charge in [0.2, 0.25) is 5.91 Å². The lowest BCUT2D eigenvalue weighted by atomic mass is 10.0. The summed E-state index contributed by atoms with van der Waals surface area (Å²) in [5.41, 5.74) is 3.56. The van der Waals surface area contributed by atoms with Crippen LogP contribution in [0.3, 0.4) is 0 Å². The lowest BCUT2D eigenvalue weighted by molar-refractivity contribution is -0.122. The SMILES string of the molecule is CC.CCCC(C(C)=O)N(C)Cc1ccc(C2=CCCC(N3CC(C)OC3=O)C=C2)cc1.CCNC(C)=O. The molecule has 38 heavy (non-hydrogen) atoms. The monoisotopic (exact) mass is 527 g/mol. The molecule has 1 heterocycles. The van der Waals surface area contributed by atoms with Gasteiger partial charge in [-0.2, -0.15) is 0 Å². The highest BCUT2D eigenvalue weighted by Gasteiger charge is 2.32. The zero-order chi connectivity index (χ0) is 28.7. The molecule has 2 amide bonds. The summed E-state index contributed by atoms with van der Waals surface area (Å²) in [7, 11) is 2.02. The Morgan fingerprint density at radius 2 is 1.82 bits per heavy atom. The number of ether oxygens (including phenoxy) is 1. The van der Waals surface area contributed by atoms with Gasteiger partial charge in [-0.05, 0) is 63.8 Å². The van der Waals surface area contributed by atoms with Crippen molar-refractivity contribution in [1.29, 1.82) is 0 Å². The molecule has 212 valence electrons. The van der Waals surface area contributed by atoms with Gasteiger partial charge in [-0.3, -0.25) is 19.4 Å². The van der Waals surface area contributed by atoms with Crippen LogP contribution in [-0.4, -0.2) is 65.9 Å². The second kappa shape index (κ2) is 17.6. The van der Waals surface area contributed by atoms with E-state index in [0.717, 1.165) is 38.8 Å². The third kappa shape index (κ3) is 10.8. The van der Waals surface area contributed by atoms with Crippen molar-refractivity contribution < 1.29 is 19.1 Å². The van der Waals surface area contributed by atoms with Gasteiger partial charge in [0.15, 0.2) is 0 Å². The minimum atomic E-state index is -0.207. The molecule has 1 N–H and O–H groups in total. The molecule has 0 radical (unpaired) electrons. The number of carbonyl (C=O) groups excluding carboxylic acids is 3. The Balaban J connectivity index is 0.000000795. The van der Waals surface area contributed by atoms with Gasteiger partial charge in [-0.1, -0.05) is 69.7 Å². The summed E-state index contributed by atoms with van der Waals surface area (Å²) in [6.07, 6.45) is 9.99. The average Bonchev–Trinajstić information content (AvgIpc) is 3.06. The molecule has 1 saturated heterocycles. The molecule has 7 nitrogen and oxygen atoms in total. The molecule has 1 fully saturated rings. The highest BCUT2D eigenvalue weighted by Crippen LogP contribution is 2.26. The van der Waals surface area contributed by atoms with E-state index < -0.39 is 0 Å². The molecule has 3 unspecified atom stereocenters. The van der Waals surface area contributed by atoms with E-state index in [1.807, 2.05) is 39.6 Å². The highest BCUT2D eigenvalue weighted by atomic mass is 16.6. The first kappa shape index (κ1) is 33.1. The molecular weight excluding hydrogens is 478 g/mol. The zero-order valence-corrected chi connectivity index (χ0v) is 24.8. The Morgan fingerprint density at radius 1 is 1.16 bits per heavy atom. The Morgan fingerprint density at radius 3 is 2.29 bits per heavy atom. The summed E-state index contributed by atoms with van der Waals surface area (Å²) >= 11 is 0. The van der Waals surface area contributed by atoms with Crippen LogP contribution in [0.1, 0.15) is 85.3 Å². The summed E-state index contributed by atoms with van der Waals surface area (Å²) in [6.45, 7) is 15.3. The first-order valence-corrected chi connectivity index (χ1v) is 14.1. The summed E-state index contributed by atoms with van der Waals surface area (Å²) in [6, 6.07) is 8.66. The number of nitrogens with one attached hydrogen (secondary N) is 1. The van der Waals surface area contributed by atoms with Gasteiger partial charge in [0, 0.05) is 20.0 Å². The van der Waals surface area contributed by atoms with Crippen LogP contribution < -0.4 is 5.32 Å². The van der Waals surface area contributed by atoms with Gasteiger partial charge in [0.25, 0.3) is 0 Å². The normalized spacial score (nSPS) is 19.2. The van der Waals surface area contributed by atoms with Crippen LogP contribution in [0.5, 0.6) is 0 Å². The Kier molecular flexibility index (Phi) is 15.3. The largest absolute Gasteiger partial charge is 0.444 e. The number of hydrogen-bond acceptors (Lipinski definition) is 5. The third-order valence-corrected chi connectivity index (χ3v) is 6.42. The number of benzene rings is 1. The van der Waals surface area contributed by atoms with Crippen LogP contribution in [0.2, 0.25) is 0 Å². The van der Waals surface area contributed by atoms with Crippen LogP contribution >= 0.6 is 0 Å². The molecule has 2 aliphatic rings. The predicted molar refractivity (Wildman–Crippen MR) is 156 cm³/mol. The second-order valence-electron chi connectivity index (χ2n) is 9.62. The van der Waals surface area contributed by atoms with E-state index in [2.05, 4.69) is 59.6 Å². The minimum absolute atomic E-state index is 0.0147. The molecule has 3 atom stereocenters. The Bertz CT molecular complexity index is 939. The standard InChI is InChI=1S/C25H34N2O3.C4H9NO.C2H6/c1-5-7-24(19(3)28)26(4)17-20-10-12-22(13-11-20)21-8-6-9-23(15-14-21)27-16-18(2)30-25(27)29;1-3-5-4(2)6;1-2/h8,10-15,18,23-24H,5-7,9,16-17H2,1-4H3;3H2,1-2H3,(H,5,6);1-2H3. The molecule has 7 heteroatoms. The van der Waals surface area contributed by atoms with Crippen molar-refractivity contribution in [3.8, 4) is 0 Å². The van der Waals surface area contributed by atoms with E-state index in [9.17, 15) is 14.4 Å². The number of amides is 2. The van der Waals surface area contributed by atoms with Crippen LogP contribution in [0.4, 0.5) is 4.79 Å². The van der Waals surface area contributed by atoms with Gasteiger partial charge in [-0.15, -0.1) is 0 Å². The van der Waals surface area contributed by atoms with Gasteiger partial charge in [0.1, 0.15) is 11.9 Å². The summed E-state index contributed by atoms with van der Waals surface area (Å²) in [4.78, 5) is 37.9. The fourth-order valence-electron chi connectivity index (χ4n) is 4.62. The summed E-state index contributed by atoms with van der Waals surface area (Å²) in [5.74, 6) is 0.271. The van der Waals surface area contributed by atoms with E-state index in [1.165, 1.54) is 23.6 Å². The lowest BCUT2D eigenvalue weighted by Gasteiger charge is -2.25. The molecule has 3 rings (SSSR count). The second-order valence-corrected chi connectivity index (χ2v) is 9.62. The molecule has 1 aliphatic heterocycles. The Labute approximate surface area is 230 Å². The molecule has 1 aliphatic carbocycles. The first-order valence-electron chi connectivity index (χ1n) is 14.1. The van der Waals surface area contributed by atoms with Crippen molar-refractivity contribution >= 4 is 23.4 Å². The van der Waals surface area contributed by atoms with Gasteiger partial charge in [-0.25, -0.2) is 4.79 Å². The van der Waals surface area contributed by atoms with Crippen molar-refractivity contribution in [2.24, 2.45) is 0 Å². The topological polar surface area (TPSA) is 79.0 Å². The maximum absolute atomic E-state index is 12.0. The van der Waals surface area contributed by atoms with Crippen LogP contribution in [-0.2, 0) is 20.9 Å². The number of likely N-dealkylation sites (N-methyl/N-ethyl adjacent to an activating group) is 1. The molecule has 1 aromatic rings. The summed E-state index contributed by atoms with van der Waals surface area (Å²) < 4.78 is 5.28. The van der Waals surface area contributed by atoms with E-state index in [1.54, 1.807) is 6.92 Å². The summed E-state index contributed by atoms with van der Waals surface area (Å²) in [5, 5.41) is 2.57. The number of cyclic esters (lactones) is 1. The fourth-order valence-corrected chi connectivity index (χ4v) is 4.62. The number of ketones is 1. The van der Waals surface area contributed by atoms with Gasteiger partial charge in [0.05, 0.1) is 18.6 Å². The molecule has 0 saturated carbocycles. The minimum Gasteiger partial charge on any atom is -0.444 e. The number of hydrogen-bond donors (Lipinski definition) is 1. The quantitative estimate of drug-likeness (QED) is 0.427. The molecule has 0 aromatic heterocycles. The zero-order valence-electron chi connectivity index (χ0n) is 24.8. The molecule has 0 bridgehead atoms. The van der Waals surface area contributed by atoms with E-state index >= 15 is 0 Å². The van der Waals surface area contributed by atoms with Gasteiger partial charge < -0.3 is 10.1 Å². The maximum Gasteiger partial charge on any atom is 0.410 e. The molecule has 0 spiro atoms. The number of carbonyl (C=O) groups is 3. The van der Waals surface area contributed by atoms with Crippen molar-refractivity contribution in [3.05, 3.63) is 53.6 Å². The maximum atomic E-state index is 12.0. The van der Waals surface area contributed by atoms with Crippen molar-refractivity contribution in [2.75, 3.05) is 20.1 Å². The van der Waals surface area contributed by atoms with Crippen molar-refractivity contribution in [1.82, 2.24) is 15.1 Å². The third-order valence-electron chi connectivity index (χ3n) is 6.42. The number of nitrogens with zero attached hydrogens (tertiary/aromatic N) is 2. The van der Waals surface area contributed by atoms with E-state index in [0.29, 0.717) is 6.54 Å². The molecule has 1 aromatic carbocycles. The Hall–Kier alpha value is -2.93. The van der Waals surface area contributed by atoms with Gasteiger partial charge >= 0.3 is 6.09 Å². The average molecular weight is 528 g/mol.